The van der Waals surface area contributed by atoms with Crippen LogP contribution in [-0.2, 0) is 4.79 Å². The molecule has 0 saturated carbocycles. The highest BCUT2D eigenvalue weighted by atomic mass is 32.1. The number of hydrogen-bond donors (Lipinski definition) is 1. The first kappa shape index (κ1) is 13.8. The molecule has 20 heavy (non-hydrogen) atoms. The van der Waals surface area contributed by atoms with Gasteiger partial charge in [0.2, 0.25) is 0 Å². The van der Waals surface area contributed by atoms with Crippen molar-refractivity contribution in [2.24, 2.45) is 0 Å². The van der Waals surface area contributed by atoms with Gasteiger partial charge in [0, 0.05) is 16.6 Å². The molecule has 1 aromatic heterocycles. The quantitative estimate of drug-likeness (QED) is 0.692. The number of nitrogens with zero attached hydrogens (tertiary/aromatic N) is 1. The fraction of sp³-hybridized carbons (Fsp3) is 0.0667. The molecule has 0 unspecified atom stereocenters. The first-order valence-electron chi connectivity index (χ1n) is 5.83. The Hall–Kier alpha value is -2.58. The van der Waals surface area contributed by atoms with Crippen LogP contribution in [-0.4, -0.2) is 13.0 Å². The minimum absolute atomic E-state index is 0.0651. The molecule has 2 aromatic rings. The van der Waals surface area contributed by atoms with Crippen molar-refractivity contribution in [3.63, 3.8) is 0 Å². The maximum atomic E-state index is 12.0. The third-order valence-electron chi connectivity index (χ3n) is 2.52. The molecule has 0 spiro atoms. The molecule has 0 fully saturated rings. The summed E-state index contributed by atoms with van der Waals surface area (Å²) in [6.45, 7) is 0. The minimum atomic E-state index is -0.436. The lowest BCUT2D eigenvalue weighted by atomic mass is 10.2. The van der Waals surface area contributed by atoms with E-state index in [-0.39, 0.29) is 5.57 Å². The minimum Gasteiger partial charge on any atom is -0.497 e. The van der Waals surface area contributed by atoms with E-state index >= 15 is 0 Å². The Bertz CT molecular complexity index is 669. The van der Waals surface area contributed by atoms with Crippen LogP contribution < -0.4 is 10.1 Å². The van der Waals surface area contributed by atoms with E-state index < -0.39 is 5.91 Å². The number of thiophene rings is 1. The van der Waals surface area contributed by atoms with Gasteiger partial charge in [-0.25, -0.2) is 0 Å². The average molecular weight is 284 g/mol. The highest BCUT2D eigenvalue weighted by molar-refractivity contribution is 7.10. The summed E-state index contributed by atoms with van der Waals surface area (Å²) in [5.74, 6) is 0.206. The highest BCUT2D eigenvalue weighted by Crippen LogP contribution is 2.18. The van der Waals surface area contributed by atoms with Crippen molar-refractivity contribution in [1.82, 2.24) is 0 Å². The van der Waals surface area contributed by atoms with E-state index in [0.717, 1.165) is 4.88 Å². The molecule has 1 heterocycles. The lowest BCUT2D eigenvalue weighted by Gasteiger charge is -2.06. The van der Waals surface area contributed by atoms with Gasteiger partial charge in [0.25, 0.3) is 5.91 Å². The van der Waals surface area contributed by atoms with Crippen molar-refractivity contribution in [3.8, 4) is 11.8 Å². The maximum absolute atomic E-state index is 12.0. The van der Waals surface area contributed by atoms with Crippen LogP contribution >= 0.6 is 11.3 Å². The Kier molecular flexibility index (Phi) is 4.53. The van der Waals surface area contributed by atoms with Gasteiger partial charge in [-0.15, -0.1) is 11.3 Å². The predicted octanol–water partition coefficient (Wildman–Crippen LogP) is 3.30. The Morgan fingerprint density at radius 3 is 2.90 bits per heavy atom. The van der Waals surface area contributed by atoms with Crippen molar-refractivity contribution in [3.05, 3.63) is 52.2 Å². The van der Waals surface area contributed by atoms with Crippen molar-refractivity contribution in [2.45, 2.75) is 0 Å². The number of anilines is 1. The normalized spacial score (nSPS) is 10.7. The number of ether oxygens (including phenoxy) is 1. The zero-order valence-corrected chi connectivity index (χ0v) is 11.6. The topological polar surface area (TPSA) is 62.1 Å². The van der Waals surface area contributed by atoms with Crippen molar-refractivity contribution >= 4 is 29.0 Å². The first-order chi connectivity index (χ1) is 9.72. The number of benzene rings is 1. The summed E-state index contributed by atoms with van der Waals surface area (Å²) in [6.07, 6.45) is 1.57. The van der Waals surface area contributed by atoms with E-state index in [1.807, 2.05) is 23.6 Å². The number of carbonyl (C=O) groups is 1. The van der Waals surface area contributed by atoms with Gasteiger partial charge >= 0.3 is 0 Å². The number of rotatable bonds is 4. The Balaban J connectivity index is 2.16. The van der Waals surface area contributed by atoms with E-state index in [1.54, 1.807) is 37.5 Å². The van der Waals surface area contributed by atoms with Gasteiger partial charge in [-0.3, -0.25) is 4.79 Å². The van der Waals surface area contributed by atoms with Gasteiger partial charge in [0.05, 0.1) is 7.11 Å². The molecule has 100 valence electrons. The van der Waals surface area contributed by atoms with E-state index in [9.17, 15) is 4.79 Å². The number of nitrogens with one attached hydrogen (secondary N) is 1. The largest absolute Gasteiger partial charge is 0.497 e. The molecule has 1 aromatic carbocycles. The van der Waals surface area contributed by atoms with E-state index in [4.69, 9.17) is 10.00 Å². The lowest BCUT2D eigenvalue weighted by Crippen LogP contribution is -2.13. The number of amides is 1. The smallest absolute Gasteiger partial charge is 0.266 e. The maximum Gasteiger partial charge on any atom is 0.266 e. The second-order valence-corrected chi connectivity index (χ2v) is 4.85. The molecule has 2 rings (SSSR count). The van der Waals surface area contributed by atoms with E-state index in [0.29, 0.717) is 11.4 Å². The number of nitriles is 1. The van der Waals surface area contributed by atoms with Crippen LogP contribution in [0.2, 0.25) is 0 Å². The highest BCUT2D eigenvalue weighted by Gasteiger charge is 2.10. The molecule has 4 nitrogen and oxygen atoms in total. The molecule has 0 atom stereocenters. The van der Waals surface area contributed by atoms with Crippen molar-refractivity contribution in [1.29, 1.82) is 5.26 Å². The monoisotopic (exact) mass is 284 g/mol. The average Bonchev–Trinajstić information content (AvgIpc) is 2.97. The standard InChI is InChI=1S/C15H12N2O2S/c1-19-13-5-2-4-12(9-13)17-15(18)11(10-16)8-14-6-3-7-20-14/h2-9H,1H3,(H,17,18)/b11-8-. The van der Waals surface area contributed by atoms with Gasteiger partial charge in [-0.1, -0.05) is 12.1 Å². The van der Waals surface area contributed by atoms with Gasteiger partial charge < -0.3 is 10.1 Å². The Morgan fingerprint density at radius 2 is 2.25 bits per heavy atom. The number of methoxy groups -OCH3 is 1. The molecule has 5 heteroatoms. The zero-order valence-electron chi connectivity index (χ0n) is 10.8. The molecule has 0 bridgehead atoms. The summed E-state index contributed by atoms with van der Waals surface area (Å²) in [5, 5.41) is 13.6. The number of hydrogen-bond acceptors (Lipinski definition) is 4. The Morgan fingerprint density at radius 1 is 1.40 bits per heavy atom. The SMILES string of the molecule is COc1cccc(NC(=O)/C(C#N)=C\c2cccs2)c1. The van der Waals surface area contributed by atoms with Crippen molar-refractivity contribution in [2.75, 3.05) is 12.4 Å². The van der Waals surface area contributed by atoms with Gasteiger partial charge in [-0.05, 0) is 29.7 Å². The molecular weight excluding hydrogens is 272 g/mol. The van der Waals surface area contributed by atoms with Crippen LogP contribution in [0.25, 0.3) is 6.08 Å². The van der Waals surface area contributed by atoms with Crippen molar-refractivity contribution < 1.29 is 9.53 Å². The molecular formula is C15H12N2O2S. The van der Waals surface area contributed by atoms with Gasteiger partial charge in [-0.2, -0.15) is 5.26 Å². The Labute approximate surface area is 120 Å². The van der Waals surface area contributed by atoms with Crippen LogP contribution in [0.15, 0.2) is 47.4 Å². The molecule has 1 amide bonds. The zero-order chi connectivity index (χ0) is 14.4. The second-order valence-electron chi connectivity index (χ2n) is 3.87. The summed E-state index contributed by atoms with van der Waals surface area (Å²) in [5.41, 5.74) is 0.650. The van der Waals surface area contributed by atoms with Crippen LogP contribution in [0.3, 0.4) is 0 Å². The summed E-state index contributed by atoms with van der Waals surface area (Å²) in [6, 6.07) is 12.6. The van der Waals surface area contributed by atoms with Crippen LogP contribution in [0.5, 0.6) is 5.75 Å². The molecule has 0 saturated heterocycles. The third kappa shape index (κ3) is 3.46. The molecule has 1 N–H and O–H groups in total. The summed E-state index contributed by atoms with van der Waals surface area (Å²) < 4.78 is 5.08. The summed E-state index contributed by atoms with van der Waals surface area (Å²) in [4.78, 5) is 12.9. The summed E-state index contributed by atoms with van der Waals surface area (Å²) >= 11 is 1.47. The molecule has 0 aliphatic carbocycles. The fourth-order valence-corrected chi connectivity index (χ4v) is 2.22. The van der Waals surface area contributed by atoms with Gasteiger partial charge in [0.15, 0.2) is 0 Å². The summed E-state index contributed by atoms with van der Waals surface area (Å²) in [7, 11) is 1.55. The van der Waals surface area contributed by atoms with E-state index in [1.165, 1.54) is 11.3 Å². The first-order valence-corrected chi connectivity index (χ1v) is 6.71. The number of carbonyl (C=O) groups excluding carboxylic acids is 1. The molecule has 0 aliphatic heterocycles. The third-order valence-corrected chi connectivity index (χ3v) is 3.34. The van der Waals surface area contributed by atoms with Crippen LogP contribution in [0, 0.1) is 11.3 Å². The fourth-order valence-electron chi connectivity index (χ4n) is 1.56. The van der Waals surface area contributed by atoms with Crippen LogP contribution in [0.1, 0.15) is 4.88 Å². The van der Waals surface area contributed by atoms with E-state index in [2.05, 4.69) is 5.32 Å². The van der Waals surface area contributed by atoms with Crippen LogP contribution in [0.4, 0.5) is 5.69 Å². The lowest BCUT2D eigenvalue weighted by molar-refractivity contribution is -0.112. The molecule has 0 radical (unpaired) electrons. The van der Waals surface area contributed by atoms with Gasteiger partial charge in [0.1, 0.15) is 17.4 Å². The molecule has 0 aliphatic rings. The second kappa shape index (κ2) is 6.55. The predicted molar refractivity (Wildman–Crippen MR) is 79.5 cm³/mol.